The van der Waals surface area contributed by atoms with E-state index in [1.54, 1.807) is 18.2 Å². The molecule has 0 aliphatic heterocycles. The lowest BCUT2D eigenvalue weighted by Gasteiger charge is -2.05. The first kappa shape index (κ1) is 10.2. The van der Waals surface area contributed by atoms with E-state index in [4.69, 9.17) is 15.6 Å². The van der Waals surface area contributed by atoms with Crippen LogP contribution in [0.15, 0.2) is 24.3 Å². The third-order valence-electron chi connectivity index (χ3n) is 1.60. The number of rotatable bonds is 4. The second kappa shape index (κ2) is 4.95. The van der Waals surface area contributed by atoms with Gasteiger partial charge in [0.2, 0.25) is 0 Å². The zero-order valence-corrected chi connectivity index (χ0v) is 6.75. The number of benzene rings is 1. The van der Waals surface area contributed by atoms with Crippen molar-refractivity contribution in [1.82, 2.24) is 0 Å². The summed E-state index contributed by atoms with van der Waals surface area (Å²) in [6.07, 6.45) is 0. The second-order valence-electron chi connectivity index (χ2n) is 2.45. The van der Waals surface area contributed by atoms with Crippen LogP contribution in [0.3, 0.4) is 0 Å². The molecular formula is C7H9BO5. The summed E-state index contributed by atoms with van der Waals surface area (Å²) in [5.41, 5.74) is 1.05. The van der Waals surface area contributed by atoms with Crippen LogP contribution in [0.4, 0.5) is 0 Å². The van der Waals surface area contributed by atoms with E-state index in [9.17, 15) is 0 Å². The van der Waals surface area contributed by atoms with Crippen LogP contribution in [0.2, 0.25) is 0 Å². The monoisotopic (exact) mass is 184 g/mol. The molecule has 70 valence electrons. The average molecular weight is 184 g/mol. The Kier molecular flexibility index (Phi) is 3.87. The Morgan fingerprint density at radius 1 is 1.23 bits per heavy atom. The molecule has 0 unspecified atom stereocenters. The van der Waals surface area contributed by atoms with Gasteiger partial charge in [-0.05, 0) is 11.0 Å². The highest BCUT2D eigenvalue weighted by atomic mass is 17.2. The number of hydrogen-bond acceptors (Lipinski definition) is 5. The van der Waals surface area contributed by atoms with Gasteiger partial charge in [-0.3, -0.25) is 20.1 Å². The Morgan fingerprint density at radius 2 is 1.92 bits per heavy atom. The largest absolute Gasteiger partial charge is 0.554 e. The second-order valence-corrected chi connectivity index (χ2v) is 2.45. The Morgan fingerprint density at radius 3 is 2.46 bits per heavy atom. The third kappa shape index (κ3) is 2.51. The van der Waals surface area contributed by atoms with Gasteiger partial charge in [0.05, 0.1) is 6.61 Å². The summed E-state index contributed by atoms with van der Waals surface area (Å²) < 4.78 is 0. The lowest BCUT2D eigenvalue weighted by atomic mass is 9.79. The predicted octanol–water partition coefficient (Wildman–Crippen LogP) is -0.147. The minimum atomic E-state index is -1.24. The van der Waals surface area contributed by atoms with Crippen LogP contribution in [0.25, 0.3) is 0 Å². The van der Waals surface area contributed by atoms with Gasteiger partial charge in [0.15, 0.2) is 0 Å². The van der Waals surface area contributed by atoms with Gasteiger partial charge < -0.3 is 5.11 Å². The van der Waals surface area contributed by atoms with Crippen molar-refractivity contribution in [3.8, 4) is 0 Å². The van der Waals surface area contributed by atoms with Gasteiger partial charge in [-0.25, -0.2) is 0 Å². The normalized spacial score (nSPS) is 10.1. The molecule has 0 heterocycles. The van der Waals surface area contributed by atoms with Crippen LogP contribution < -0.4 is 5.46 Å². The molecule has 1 aromatic rings. The highest BCUT2D eigenvalue weighted by Gasteiger charge is 2.21. The molecule has 0 fully saturated rings. The molecule has 1 rings (SSSR count). The molecule has 0 spiro atoms. The first-order valence-corrected chi connectivity index (χ1v) is 3.62. The molecule has 0 atom stereocenters. The molecule has 0 amide bonds. The molecule has 0 aliphatic rings. The van der Waals surface area contributed by atoms with E-state index in [2.05, 4.69) is 9.61 Å². The van der Waals surface area contributed by atoms with E-state index < -0.39 is 7.12 Å². The fraction of sp³-hybridized carbons (Fsp3) is 0.143. The quantitative estimate of drug-likeness (QED) is 0.344. The van der Waals surface area contributed by atoms with Crippen molar-refractivity contribution in [2.45, 2.75) is 6.61 Å². The van der Waals surface area contributed by atoms with Crippen molar-refractivity contribution in [2.75, 3.05) is 0 Å². The Labute approximate surface area is 75.2 Å². The van der Waals surface area contributed by atoms with Gasteiger partial charge in [0, 0.05) is 0 Å². The van der Waals surface area contributed by atoms with Crippen LogP contribution in [0.1, 0.15) is 5.56 Å². The molecule has 0 aliphatic carbocycles. The SMILES string of the molecule is OCc1cccc(B(OO)OO)c1. The summed E-state index contributed by atoms with van der Waals surface area (Å²) in [4.78, 5) is 7.66. The summed E-state index contributed by atoms with van der Waals surface area (Å²) in [6.45, 7) is -0.128. The number of hydrogen-bond donors (Lipinski definition) is 3. The zero-order chi connectivity index (χ0) is 9.68. The van der Waals surface area contributed by atoms with E-state index in [1.165, 1.54) is 6.07 Å². The van der Waals surface area contributed by atoms with Crippen molar-refractivity contribution in [3.63, 3.8) is 0 Å². The Hall–Kier alpha value is -0.915. The number of aliphatic hydroxyl groups is 1. The standard InChI is InChI=1S/C7H9BO5/c9-5-6-2-1-3-7(4-6)8(12-10)13-11/h1-4,9-11H,5H2. The van der Waals surface area contributed by atoms with Gasteiger partial charge in [-0.1, -0.05) is 24.3 Å². The molecule has 0 radical (unpaired) electrons. The van der Waals surface area contributed by atoms with Gasteiger partial charge in [-0.2, -0.15) is 0 Å². The average Bonchev–Trinajstić information content (AvgIpc) is 2.20. The summed E-state index contributed by atoms with van der Waals surface area (Å²) in [5, 5.41) is 25.4. The van der Waals surface area contributed by atoms with E-state index in [-0.39, 0.29) is 6.61 Å². The first-order valence-electron chi connectivity index (χ1n) is 3.62. The molecule has 0 aromatic heterocycles. The van der Waals surface area contributed by atoms with E-state index in [0.717, 1.165) is 0 Å². The highest BCUT2D eigenvalue weighted by Crippen LogP contribution is 1.98. The first-order chi connectivity index (χ1) is 6.31. The lowest BCUT2D eigenvalue weighted by molar-refractivity contribution is -0.221. The molecule has 3 N–H and O–H groups in total. The molecular weight excluding hydrogens is 175 g/mol. The van der Waals surface area contributed by atoms with Crippen LogP contribution in [0.5, 0.6) is 0 Å². The van der Waals surface area contributed by atoms with Gasteiger partial charge in [-0.15, -0.1) is 0 Å². The summed E-state index contributed by atoms with van der Waals surface area (Å²) >= 11 is 0. The van der Waals surface area contributed by atoms with Crippen LogP contribution in [0, 0.1) is 0 Å². The van der Waals surface area contributed by atoms with Crippen molar-refractivity contribution < 1.29 is 25.2 Å². The molecule has 0 bridgehead atoms. The molecule has 0 saturated heterocycles. The van der Waals surface area contributed by atoms with Crippen molar-refractivity contribution in [1.29, 1.82) is 0 Å². The van der Waals surface area contributed by atoms with Crippen molar-refractivity contribution in [2.24, 2.45) is 0 Å². The topological polar surface area (TPSA) is 79.2 Å². The zero-order valence-electron chi connectivity index (χ0n) is 6.75. The molecule has 13 heavy (non-hydrogen) atoms. The maximum Gasteiger partial charge on any atom is 0.554 e. The van der Waals surface area contributed by atoms with Crippen LogP contribution >= 0.6 is 0 Å². The smallest absolute Gasteiger partial charge is 0.392 e. The Bertz CT molecular complexity index is 263. The summed E-state index contributed by atoms with van der Waals surface area (Å²) in [7, 11) is -1.24. The predicted molar refractivity (Wildman–Crippen MR) is 45.2 cm³/mol. The maximum absolute atomic E-state index is 8.78. The minimum Gasteiger partial charge on any atom is -0.392 e. The van der Waals surface area contributed by atoms with E-state index in [0.29, 0.717) is 11.0 Å². The highest BCUT2D eigenvalue weighted by molar-refractivity contribution is 6.60. The van der Waals surface area contributed by atoms with E-state index in [1.807, 2.05) is 0 Å². The van der Waals surface area contributed by atoms with Gasteiger partial charge >= 0.3 is 7.12 Å². The Balaban J connectivity index is 2.86. The number of aliphatic hydroxyl groups excluding tert-OH is 1. The lowest BCUT2D eigenvalue weighted by Crippen LogP contribution is -2.35. The van der Waals surface area contributed by atoms with Crippen LogP contribution in [-0.2, 0) is 16.2 Å². The fourth-order valence-electron chi connectivity index (χ4n) is 0.979. The van der Waals surface area contributed by atoms with Gasteiger partial charge in [0.25, 0.3) is 0 Å². The fourth-order valence-corrected chi connectivity index (χ4v) is 0.979. The molecule has 5 nitrogen and oxygen atoms in total. The van der Waals surface area contributed by atoms with Crippen molar-refractivity contribution >= 4 is 12.6 Å². The molecule has 6 heteroatoms. The maximum atomic E-state index is 8.78. The van der Waals surface area contributed by atoms with E-state index >= 15 is 0 Å². The van der Waals surface area contributed by atoms with Crippen molar-refractivity contribution in [3.05, 3.63) is 29.8 Å². The molecule has 0 saturated carbocycles. The summed E-state index contributed by atoms with van der Waals surface area (Å²) in [6, 6.07) is 6.45. The van der Waals surface area contributed by atoms with Gasteiger partial charge in [0.1, 0.15) is 0 Å². The molecule has 1 aromatic carbocycles. The van der Waals surface area contributed by atoms with Crippen LogP contribution in [-0.4, -0.2) is 22.7 Å². The minimum absolute atomic E-state index is 0.128. The third-order valence-corrected chi connectivity index (χ3v) is 1.60. The summed E-state index contributed by atoms with van der Waals surface area (Å²) in [5.74, 6) is 0.